The minimum absolute atomic E-state index is 0.0258. The van der Waals surface area contributed by atoms with Gasteiger partial charge in [0.1, 0.15) is 5.75 Å². The van der Waals surface area contributed by atoms with Crippen LogP contribution in [0.1, 0.15) is 5.56 Å². The first-order valence-corrected chi connectivity index (χ1v) is 5.99. The first-order valence-electron chi connectivity index (χ1n) is 5.99. The zero-order valence-electron chi connectivity index (χ0n) is 11.0. The normalized spacial score (nSPS) is 14.9. The fourth-order valence-corrected chi connectivity index (χ4v) is 1.93. The zero-order chi connectivity index (χ0) is 14.7. The Balaban J connectivity index is 2.20. The molecule has 0 atom stereocenters. The molecule has 0 bridgehead atoms. The molecule has 0 radical (unpaired) electrons. The highest BCUT2D eigenvalue weighted by Gasteiger charge is 2.43. The molecule has 6 heteroatoms. The number of ether oxygens (including phenoxy) is 1. The SMILES string of the molecule is C=CCN1C(=O)C(=O)N(Cc2cccc(OC)c2)C1=O. The number of benzene rings is 1. The van der Waals surface area contributed by atoms with E-state index in [0.717, 1.165) is 9.80 Å². The fourth-order valence-electron chi connectivity index (χ4n) is 1.93. The summed E-state index contributed by atoms with van der Waals surface area (Å²) in [4.78, 5) is 37.3. The summed E-state index contributed by atoms with van der Waals surface area (Å²) >= 11 is 0. The topological polar surface area (TPSA) is 66.9 Å². The third kappa shape index (κ3) is 2.40. The highest BCUT2D eigenvalue weighted by Crippen LogP contribution is 2.18. The van der Waals surface area contributed by atoms with Crippen molar-refractivity contribution < 1.29 is 19.1 Å². The van der Waals surface area contributed by atoms with Gasteiger partial charge in [-0.05, 0) is 17.7 Å². The Bertz CT molecular complexity index is 582. The standard InChI is InChI=1S/C14H14N2O4/c1-3-7-15-12(17)13(18)16(14(15)19)9-10-5-4-6-11(8-10)20-2/h3-6,8H,1,7,9H2,2H3. The van der Waals surface area contributed by atoms with Crippen LogP contribution in [0.3, 0.4) is 0 Å². The van der Waals surface area contributed by atoms with Gasteiger partial charge in [0.15, 0.2) is 0 Å². The summed E-state index contributed by atoms with van der Waals surface area (Å²) in [5.74, 6) is -1.02. The van der Waals surface area contributed by atoms with Crippen LogP contribution in [0.15, 0.2) is 36.9 Å². The molecule has 1 aromatic rings. The van der Waals surface area contributed by atoms with Crippen LogP contribution in [0.4, 0.5) is 4.79 Å². The van der Waals surface area contributed by atoms with E-state index in [2.05, 4.69) is 6.58 Å². The number of rotatable bonds is 5. The van der Waals surface area contributed by atoms with Gasteiger partial charge < -0.3 is 4.74 Å². The summed E-state index contributed by atoms with van der Waals surface area (Å²) in [5, 5.41) is 0. The van der Waals surface area contributed by atoms with Gasteiger partial charge in [-0.2, -0.15) is 0 Å². The molecule has 0 N–H and O–H groups in total. The Hall–Kier alpha value is -2.63. The summed E-state index contributed by atoms with van der Waals surface area (Å²) in [6, 6.07) is 6.35. The van der Waals surface area contributed by atoms with Crippen LogP contribution in [-0.4, -0.2) is 41.3 Å². The highest BCUT2D eigenvalue weighted by atomic mass is 16.5. The predicted octanol–water partition coefficient (Wildman–Crippen LogP) is 1.17. The lowest BCUT2D eigenvalue weighted by Crippen LogP contribution is -2.33. The molecule has 4 amide bonds. The van der Waals surface area contributed by atoms with E-state index in [4.69, 9.17) is 4.74 Å². The second-order valence-corrected chi connectivity index (χ2v) is 4.23. The Kier molecular flexibility index (Phi) is 3.84. The maximum atomic E-state index is 12.0. The molecule has 1 aliphatic heterocycles. The average molecular weight is 274 g/mol. The number of imide groups is 2. The molecule has 1 aromatic carbocycles. The zero-order valence-corrected chi connectivity index (χ0v) is 11.0. The molecule has 0 unspecified atom stereocenters. The second kappa shape index (κ2) is 5.56. The van der Waals surface area contributed by atoms with Crippen LogP contribution in [0, 0.1) is 0 Å². The van der Waals surface area contributed by atoms with E-state index < -0.39 is 17.8 Å². The van der Waals surface area contributed by atoms with Crippen LogP contribution in [-0.2, 0) is 16.1 Å². The van der Waals surface area contributed by atoms with Crippen molar-refractivity contribution in [3.05, 3.63) is 42.5 Å². The molecule has 0 aliphatic carbocycles. The number of methoxy groups -OCH3 is 1. The number of amides is 4. The first-order chi connectivity index (χ1) is 9.58. The molecule has 0 spiro atoms. The van der Waals surface area contributed by atoms with Gasteiger partial charge >= 0.3 is 17.8 Å². The number of nitrogens with zero attached hydrogens (tertiary/aromatic N) is 2. The summed E-state index contributed by atoms with van der Waals surface area (Å²) in [6.45, 7) is 3.52. The van der Waals surface area contributed by atoms with Crippen molar-refractivity contribution in [3.8, 4) is 5.75 Å². The summed E-state index contributed by atoms with van der Waals surface area (Å²) in [6.07, 6.45) is 1.40. The van der Waals surface area contributed by atoms with Gasteiger partial charge in [0.25, 0.3) is 0 Å². The van der Waals surface area contributed by atoms with Gasteiger partial charge in [-0.25, -0.2) is 4.79 Å². The van der Waals surface area contributed by atoms with Gasteiger partial charge in [0.05, 0.1) is 13.7 Å². The van der Waals surface area contributed by atoms with Gasteiger partial charge in [-0.1, -0.05) is 18.2 Å². The molecule has 2 rings (SSSR count). The van der Waals surface area contributed by atoms with E-state index in [-0.39, 0.29) is 13.1 Å². The van der Waals surface area contributed by atoms with Crippen LogP contribution in [0.25, 0.3) is 0 Å². The molecule has 104 valence electrons. The number of hydrogen-bond donors (Lipinski definition) is 0. The maximum Gasteiger partial charge on any atom is 0.334 e. The molecule has 0 saturated carbocycles. The van der Waals surface area contributed by atoms with Crippen molar-refractivity contribution in [3.63, 3.8) is 0 Å². The lowest BCUT2D eigenvalue weighted by Gasteiger charge is -2.14. The molecule has 1 saturated heterocycles. The molecule has 0 aromatic heterocycles. The summed E-state index contributed by atoms with van der Waals surface area (Å²) < 4.78 is 5.07. The Morgan fingerprint density at radius 3 is 2.55 bits per heavy atom. The fraction of sp³-hybridized carbons (Fsp3) is 0.214. The monoisotopic (exact) mass is 274 g/mol. The van der Waals surface area contributed by atoms with E-state index in [9.17, 15) is 14.4 Å². The highest BCUT2D eigenvalue weighted by molar-refractivity contribution is 6.44. The molecular formula is C14H14N2O4. The van der Waals surface area contributed by atoms with Gasteiger partial charge in [-0.15, -0.1) is 6.58 Å². The second-order valence-electron chi connectivity index (χ2n) is 4.23. The Labute approximate surface area is 116 Å². The Morgan fingerprint density at radius 1 is 1.20 bits per heavy atom. The van der Waals surface area contributed by atoms with E-state index >= 15 is 0 Å². The van der Waals surface area contributed by atoms with Gasteiger partial charge in [-0.3, -0.25) is 19.4 Å². The van der Waals surface area contributed by atoms with Crippen molar-refractivity contribution in [2.45, 2.75) is 6.54 Å². The van der Waals surface area contributed by atoms with E-state index in [1.807, 2.05) is 0 Å². The van der Waals surface area contributed by atoms with Crippen LogP contribution in [0.2, 0.25) is 0 Å². The third-order valence-corrected chi connectivity index (χ3v) is 2.92. The predicted molar refractivity (Wildman–Crippen MR) is 70.9 cm³/mol. The number of hydrogen-bond acceptors (Lipinski definition) is 4. The van der Waals surface area contributed by atoms with Crippen molar-refractivity contribution in [1.29, 1.82) is 0 Å². The first kappa shape index (κ1) is 13.8. The van der Waals surface area contributed by atoms with Crippen molar-refractivity contribution in [1.82, 2.24) is 9.80 Å². The lowest BCUT2D eigenvalue weighted by atomic mass is 10.2. The molecule has 1 heterocycles. The average Bonchev–Trinajstić information content (AvgIpc) is 2.65. The lowest BCUT2D eigenvalue weighted by molar-refractivity contribution is -0.143. The molecule has 6 nitrogen and oxygen atoms in total. The van der Waals surface area contributed by atoms with Crippen LogP contribution >= 0.6 is 0 Å². The van der Waals surface area contributed by atoms with Crippen molar-refractivity contribution in [2.24, 2.45) is 0 Å². The van der Waals surface area contributed by atoms with Crippen molar-refractivity contribution >= 4 is 17.8 Å². The molecule has 1 aliphatic rings. The largest absolute Gasteiger partial charge is 0.497 e. The van der Waals surface area contributed by atoms with Crippen LogP contribution < -0.4 is 4.74 Å². The minimum atomic E-state index is -0.821. The smallest absolute Gasteiger partial charge is 0.334 e. The quantitative estimate of drug-likeness (QED) is 0.459. The number of carbonyl (C=O) groups is 3. The van der Waals surface area contributed by atoms with Gasteiger partial charge in [0.2, 0.25) is 0 Å². The molecular weight excluding hydrogens is 260 g/mol. The maximum absolute atomic E-state index is 12.0. The molecule has 20 heavy (non-hydrogen) atoms. The Morgan fingerprint density at radius 2 is 1.90 bits per heavy atom. The van der Waals surface area contributed by atoms with Crippen molar-refractivity contribution in [2.75, 3.05) is 13.7 Å². The van der Waals surface area contributed by atoms with Crippen LogP contribution in [0.5, 0.6) is 5.75 Å². The molecule has 1 fully saturated rings. The third-order valence-electron chi connectivity index (χ3n) is 2.92. The number of carbonyl (C=O) groups excluding carboxylic acids is 3. The van der Waals surface area contributed by atoms with Gasteiger partial charge in [0, 0.05) is 6.54 Å². The van der Waals surface area contributed by atoms with E-state index in [0.29, 0.717) is 11.3 Å². The summed E-state index contributed by atoms with van der Waals surface area (Å²) in [7, 11) is 1.53. The van der Waals surface area contributed by atoms with E-state index in [1.54, 1.807) is 24.3 Å². The number of urea groups is 1. The van der Waals surface area contributed by atoms with E-state index in [1.165, 1.54) is 13.2 Å². The minimum Gasteiger partial charge on any atom is -0.497 e. The summed E-state index contributed by atoms with van der Waals surface area (Å²) in [5.41, 5.74) is 0.708.